The molecule has 0 spiro atoms. The van der Waals surface area contributed by atoms with E-state index in [1.807, 2.05) is 0 Å². The van der Waals surface area contributed by atoms with E-state index in [4.69, 9.17) is 4.74 Å². The maximum atomic E-state index is 13.6. The number of hydrogen-bond acceptors (Lipinski definition) is 4. The third-order valence-electron chi connectivity index (χ3n) is 4.51. The smallest absolute Gasteiger partial charge is 0.257 e. The number of hydrogen-bond donors (Lipinski definition) is 2. The van der Waals surface area contributed by atoms with Crippen LogP contribution in [0.4, 0.5) is 8.78 Å². The standard InChI is InChI=1S/C20H21F2N3O2/c1-2-23-15-5-7-16(8-6-15)25-19(26)18-11-14(22)12-24-20(18)27-17-9-3-13(21)4-10-17/h2-4,9-12,15-16,23H,1,5-8H2,(H,25,26). The molecule has 0 unspecified atom stereocenters. The van der Waals surface area contributed by atoms with E-state index in [0.717, 1.165) is 37.9 Å². The van der Waals surface area contributed by atoms with E-state index in [2.05, 4.69) is 22.2 Å². The maximum absolute atomic E-state index is 13.6. The molecule has 0 aliphatic heterocycles. The van der Waals surface area contributed by atoms with Crippen molar-refractivity contribution in [1.82, 2.24) is 15.6 Å². The van der Waals surface area contributed by atoms with Crippen LogP contribution in [0.2, 0.25) is 0 Å². The molecule has 1 aromatic heterocycles. The number of nitrogens with one attached hydrogen (secondary N) is 2. The number of nitrogens with zero attached hydrogens (tertiary/aromatic N) is 1. The molecule has 2 N–H and O–H groups in total. The van der Waals surface area contributed by atoms with Gasteiger partial charge in [-0.3, -0.25) is 4.79 Å². The van der Waals surface area contributed by atoms with Crippen molar-refractivity contribution in [3.05, 3.63) is 66.5 Å². The molecule has 0 atom stereocenters. The van der Waals surface area contributed by atoms with Crippen LogP contribution in [-0.4, -0.2) is 23.0 Å². The van der Waals surface area contributed by atoms with Gasteiger partial charge in [0.25, 0.3) is 5.91 Å². The van der Waals surface area contributed by atoms with Crippen molar-refractivity contribution in [1.29, 1.82) is 0 Å². The Bertz CT molecular complexity index is 803. The van der Waals surface area contributed by atoms with Crippen molar-refractivity contribution in [3.8, 4) is 11.6 Å². The number of amides is 1. The minimum absolute atomic E-state index is 0.00213. The van der Waals surface area contributed by atoms with Crippen molar-refractivity contribution in [2.24, 2.45) is 0 Å². The minimum Gasteiger partial charge on any atom is -0.438 e. The fourth-order valence-electron chi connectivity index (χ4n) is 3.12. The number of ether oxygens (including phenoxy) is 1. The van der Waals surface area contributed by atoms with Crippen LogP contribution in [0, 0.1) is 11.6 Å². The Morgan fingerprint density at radius 3 is 2.44 bits per heavy atom. The average molecular weight is 373 g/mol. The Labute approximate surface area is 156 Å². The van der Waals surface area contributed by atoms with E-state index in [9.17, 15) is 13.6 Å². The summed E-state index contributed by atoms with van der Waals surface area (Å²) in [5.41, 5.74) is 0.00525. The molecule has 0 radical (unpaired) electrons. The molecule has 1 fully saturated rings. The van der Waals surface area contributed by atoms with Gasteiger partial charge in [-0.1, -0.05) is 6.58 Å². The Kier molecular flexibility index (Phi) is 6.01. The summed E-state index contributed by atoms with van der Waals surface area (Å²) in [6.45, 7) is 3.66. The third-order valence-corrected chi connectivity index (χ3v) is 4.51. The summed E-state index contributed by atoms with van der Waals surface area (Å²) >= 11 is 0. The maximum Gasteiger partial charge on any atom is 0.257 e. The van der Waals surface area contributed by atoms with Crippen LogP contribution in [0.15, 0.2) is 49.3 Å². The number of rotatable bonds is 6. The molecule has 1 aromatic carbocycles. The molecule has 5 nitrogen and oxygen atoms in total. The molecule has 3 rings (SSSR count). The highest BCUT2D eigenvalue weighted by Gasteiger charge is 2.24. The highest BCUT2D eigenvalue weighted by molar-refractivity contribution is 5.96. The summed E-state index contributed by atoms with van der Waals surface area (Å²) in [4.78, 5) is 16.5. The zero-order valence-corrected chi connectivity index (χ0v) is 14.8. The first-order chi connectivity index (χ1) is 13.0. The normalized spacial score (nSPS) is 19.2. The first kappa shape index (κ1) is 18.8. The van der Waals surface area contributed by atoms with Gasteiger partial charge in [-0.05, 0) is 62.2 Å². The summed E-state index contributed by atoms with van der Waals surface area (Å²) in [6.07, 6.45) is 6.11. The molecular weight excluding hydrogens is 352 g/mol. The van der Waals surface area contributed by atoms with Gasteiger partial charge in [-0.15, -0.1) is 0 Å². The van der Waals surface area contributed by atoms with Crippen LogP contribution in [0.3, 0.4) is 0 Å². The molecular formula is C20H21F2N3O2. The van der Waals surface area contributed by atoms with Gasteiger partial charge in [0.05, 0.1) is 6.20 Å². The fourth-order valence-corrected chi connectivity index (χ4v) is 3.12. The van der Waals surface area contributed by atoms with E-state index in [-0.39, 0.29) is 17.5 Å². The largest absolute Gasteiger partial charge is 0.438 e. The van der Waals surface area contributed by atoms with Gasteiger partial charge in [0.2, 0.25) is 5.88 Å². The van der Waals surface area contributed by atoms with Crippen LogP contribution in [-0.2, 0) is 0 Å². The van der Waals surface area contributed by atoms with Crippen LogP contribution in [0.25, 0.3) is 0 Å². The van der Waals surface area contributed by atoms with Gasteiger partial charge in [0, 0.05) is 12.1 Å². The van der Waals surface area contributed by atoms with Crippen molar-refractivity contribution < 1.29 is 18.3 Å². The summed E-state index contributed by atoms with van der Waals surface area (Å²) in [5, 5.41) is 6.10. The second-order valence-corrected chi connectivity index (χ2v) is 6.46. The quantitative estimate of drug-likeness (QED) is 0.805. The van der Waals surface area contributed by atoms with Crippen LogP contribution in [0.5, 0.6) is 11.6 Å². The predicted molar refractivity (Wildman–Crippen MR) is 97.5 cm³/mol. The lowest BCUT2D eigenvalue weighted by Gasteiger charge is -2.29. The molecule has 1 amide bonds. The second kappa shape index (κ2) is 8.62. The SMILES string of the molecule is C=CNC1CCC(NC(=O)c2cc(F)cnc2Oc2ccc(F)cc2)CC1. The van der Waals surface area contributed by atoms with Gasteiger partial charge >= 0.3 is 0 Å². The molecule has 0 saturated heterocycles. The molecule has 1 aliphatic carbocycles. The second-order valence-electron chi connectivity index (χ2n) is 6.46. The molecule has 27 heavy (non-hydrogen) atoms. The Morgan fingerprint density at radius 2 is 1.78 bits per heavy atom. The molecule has 142 valence electrons. The minimum atomic E-state index is -0.634. The lowest BCUT2D eigenvalue weighted by atomic mass is 9.91. The van der Waals surface area contributed by atoms with Gasteiger partial charge in [-0.2, -0.15) is 0 Å². The zero-order chi connectivity index (χ0) is 19.2. The van der Waals surface area contributed by atoms with Gasteiger partial charge in [0.15, 0.2) is 0 Å². The fraction of sp³-hybridized carbons (Fsp3) is 0.300. The van der Waals surface area contributed by atoms with Crippen LogP contribution < -0.4 is 15.4 Å². The van der Waals surface area contributed by atoms with E-state index in [1.54, 1.807) is 6.20 Å². The number of aromatic nitrogens is 1. The Morgan fingerprint density at radius 1 is 1.11 bits per heavy atom. The number of carbonyl (C=O) groups excluding carboxylic acids is 1. The lowest BCUT2D eigenvalue weighted by Crippen LogP contribution is -2.41. The van der Waals surface area contributed by atoms with Crippen molar-refractivity contribution in [2.75, 3.05) is 0 Å². The van der Waals surface area contributed by atoms with Crippen LogP contribution >= 0.6 is 0 Å². The summed E-state index contributed by atoms with van der Waals surface area (Å²) in [7, 11) is 0. The first-order valence-electron chi connectivity index (χ1n) is 8.82. The monoisotopic (exact) mass is 373 g/mol. The van der Waals surface area contributed by atoms with Gasteiger partial charge in [-0.25, -0.2) is 13.8 Å². The van der Waals surface area contributed by atoms with E-state index >= 15 is 0 Å². The summed E-state index contributed by atoms with van der Waals surface area (Å²) in [6, 6.07) is 6.74. The molecule has 0 bridgehead atoms. The topological polar surface area (TPSA) is 63.2 Å². The number of halogens is 2. The Hall–Kier alpha value is -2.96. The van der Waals surface area contributed by atoms with Crippen molar-refractivity contribution >= 4 is 5.91 Å². The zero-order valence-electron chi connectivity index (χ0n) is 14.8. The molecule has 1 aliphatic rings. The molecule has 2 aromatic rings. The lowest BCUT2D eigenvalue weighted by molar-refractivity contribution is 0.0921. The van der Waals surface area contributed by atoms with Crippen molar-refractivity contribution in [3.63, 3.8) is 0 Å². The number of carbonyl (C=O) groups is 1. The van der Waals surface area contributed by atoms with Gasteiger partial charge in [0.1, 0.15) is 22.9 Å². The third kappa shape index (κ3) is 5.03. The Balaban J connectivity index is 1.69. The number of pyridine rings is 1. The molecule has 1 heterocycles. The number of benzene rings is 1. The van der Waals surface area contributed by atoms with Gasteiger partial charge < -0.3 is 15.4 Å². The summed E-state index contributed by atoms with van der Waals surface area (Å²) < 4.78 is 32.2. The first-order valence-corrected chi connectivity index (χ1v) is 8.82. The predicted octanol–water partition coefficient (Wildman–Crippen LogP) is 3.93. The molecule has 7 heteroatoms. The summed E-state index contributed by atoms with van der Waals surface area (Å²) in [5.74, 6) is -1.21. The average Bonchev–Trinajstić information content (AvgIpc) is 2.66. The van der Waals surface area contributed by atoms with E-state index in [0.29, 0.717) is 11.8 Å². The highest BCUT2D eigenvalue weighted by Crippen LogP contribution is 2.25. The van der Waals surface area contributed by atoms with E-state index in [1.165, 1.54) is 24.3 Å². The van der Waals surface area contributed by atoms with Crippen LogP contribution in [0.1, 0.15) is 36.0 Å². The highest BCUT2D eigenvalue weighted by atomic mass is 19.1. The molecule has 1 saturated carbocycles. The van der Waals surface area contributed by atoms with Crippen molar-refractivity contribution in [2.45, 2.75) is 37.8 Å². The van der Waals surface area contributed by atoms with E-state index < -0.39 is 17.5 Å².